The van der Waals surface area contributed by atoms with Gasteiger partial charge in [-0.2, -0.15) is 0 Å². The summed E-state index contributed by atoms with van der Waals surface area (Å²) in [4.78, 5) is 12.8. The van der Waals surface area contributed by atoms with E-state index in [2.05, 4.69) is 9.88 Å². The van der Waals surface area contributed by atoms with Crippen LogP contribution < -0.4 is 10.1 Å². The Morgan fingerprint density at radius 2 is 1.73 bits per heavy atom. The number of benzene rings is 2. The molecule has 0 atom stereocenters. The Hall–Kier alpha value is -3.01. The first-order chi connectivity index (χ1) is 12.6. The zero-order chi connectivity index (χ0) is 18.5. The molecule has 0 saturated carbocycles. The Morgan fingerprint density at radius 1 is 1.04 bits per heavy atom. The normalized spacial score (nSPS) is 10.6. The number of hydrogen-bond donors (Lipinski definition) is 1. The molecule has 4 heteroatoms. The lowest BCUT2D eigenvalue weighted by Crippen LogP contribution is -2.15. The molecule has 2 aromatic carbocycles. The molecule has 0 saturated heterocycles. The summed E-state index contributed by atoms with van der Waals surface area (Å²) in [5.74, 6) is 0.823. The van der Waals surface area contributed by atoms with Crippen molar-refractivity contribution in [1.29, 1.82) is 0 Å². The van der Waals surface area contributed by atoms with Crippen molar-refractivity contribution in [3.05, 3.63) is 77.6 Å². The van der Waals surface area contributed by atoms with Crippen molar-refractivity contribution in [2.24, 2.45) is 0 Å². The quantitative estimate of drug-likeness (QED) is 0.625. The van der Waals surface area contributed by atoms with E-state index in [4.69, 9.17) is 4.74 Å². The van der Waals surface area contributed by atoms with Crippen LogP contribution in [0.2, 0.25) is 0 Å². The highest BCUT2D eigenvalue weighted by atomic mass is 16.5. The number of carbonyl (C=O) groups is 1. The first kappa shape index (κ1) is 17.8. The molecule has 0 spiro atoms. The van der Waals surface area contributed by atoms with Gasteiger partial charge < -0.3 is 14.6 Å². The van der Waals surface area contributed by atoms with Crippen LogP contribution in [0.5, 0.6) is 5.75 Å². The van der Waals surface area contributed by atoms with Crippen LogP contribution in [0.3, 0.4) is 0 Å². The molecule has 0 amide bonds. The predicted octanol–water partition coefficient (Wildman–Crippen LogP) is 4.79. The van der Waals surface area contributed by atoms with Crippen LogP contribution in [0.15, 0.2) is 60.7 Å². The van der Waals surface area contributed by atoms with Gasteiger partial charge in [0.15, 0.2) is 5.78 Å². The van der Waals surface area contributed by atoms with E-state index in [1.807, 2.05) is 81.4 Å². The van der Waals surface area contributed by atoms with E-state index in [1.165, 1.54) is 0 Å². The number of ketones is 1. The lowest BCUT2D eigenvalue weighted by atomic mass is 10.1. The number of Topliss-reactive ketones (excluding diaryl/α,β-unsaturated/α-hetero) is 1. The summed E-state index contributed by atoms with van der Waals surface area (Å²) in [6.07, 6.45) is 0. The number of rotatable bonds is 7. The summed E-state index contributed by atoms with van der Waals surface area (Å²) in [7, 11) is 0. The second-order valence-corrected chi connectivity index (χ2v) is 6.16. The third kappa shape index (κ3) is 3.64. The summed E-state index contributed by atoms with van der Waals surface area (Å²) >= 11 is 0. The fourth-order valence-electron chi connectivity index (χ4n) is 3.18. The van der Waals surface area contributed by atoms with Crippen molar-refractivity contribution in [3.63, 3.8) is 0 Å². The average Bonchev–Trinajstić information content (AvgIpc) is 2.96. The van der Waals surface area contributed by atoms with Crippen LogP contribution in [0, 0.1) is 13.8 Å². The molecule has 1 heterocycles. The molecule has 26 heavy (non-hydrogen) atoms. The van der Waals surface area contributed by atoms with Gasteiger partial charge in [-0.3, -0.25) is 4.79 Å². The van der Waals surface area contributed by atoms with Gasteiger partial charge in [0, 0.05) is 22.6 Å². The summed E-state index contributed by atoms with van der Waals surface area (Å²) < 4.78 is 7.71. The molecule has 3 aromatic rings. The maximum atomic E-state index is 12.8. The Kier molecular flexibility index (Phi) is 5.42. The SMILES string of the molecule is CCOc1ccccc1NCC(=O)c1cc(C)n(-c2ccccc2)c1C. The highest BCUT2D eigenvalue weighted by Crippen LogP contribution is 2.25. The number of carbonyl (C=O) groups excluding carboxylic acids is 1. The molecule has 0 fully saturated rings. The highest BCUT2D eigenvalue weighted by Gasteiger charge is 2.16. The number of nitrogens with one attached hydrogen (secondary N) is 1. The maximum Gasteiger partial charge on any atom is 0.183 e. The smallest absolute Gasteiger partial charge is 0.183 e. The Balaban J connectivity index is 1.79. The Bertz CT molecular complexity index is 898. The van der Waals surface area contributed by atoms with Gasteiger partial charge >= 0.3 is 0 Å². The van der Waals surface area contributed by atoms with Gasteiger partial charge in [0.2, 0.25) is 0 Å². The van der Waals surface area contributed by atoms with Gasteiger partial charge in [-0.05, 0) is 51.1 Å². The summed E-state index contributed by atoms with van der Waals surface area (Å²) in [6.45, 7) is 6.77. The average molecular weight is 348 g/mol. The molecule has 1 aromatic heterocycles. The van der Waals surface area contributed by atoms with E-state index in [9.17, 15) is 4.79 Å². The van der Waals surface area contributed by atoms with Crippen molar-refractivity contribution >= 4 is 11.5 Å². The molecule has 0 aliphatic heterocycles. The molecule has 0 aliphatic rings. The molecule has 0 bridgehead atoms. The van der Waals surface area contributed by atoms with E-state index in [-0.39, 0.29) is 12.3 Å². The third-order valence-electron chi connectivity index (χ3n) is 4.37. The van der Waals surface area contributed by atoms with Crippen LogP contribution in [-0.2, 0) is 0 Å². The molecule has 0 aliphatic carbocycles. The minimum Gasteiger partial charge on any atom is -0.492 e. The number of aryl methyl sites for hydroxylation is 1. The molecule has 0 unspecified atom stereocenters. The fraction of sp³-hybridized carbons (Fsp3) is 0.227. The third-order valence-corrected chi connectivity index (χ3v) is 4.37. The molecular weight excluding hydrogens is 324 g/mol. The molecule has 3 rings (SSSR count). The van der Waals surface area contributed by atoms with Gasteiger partial charge in [-0.1, -0.05) is 30.3 Å². The van der Waals surface area contributed by atoms with E-state index in [0.29, 0.717) is 6.61 Å². The van der Waals surface area contributed by atoms with Crippen LogP contribution in [0.25, 0.3) is 5.69 Å². The van der Waals surface area contributed by atoms with Gasteiger partial charge in [-0.25, -0.2) is 0 Å². The monoisotopic (exact) mass is 348 g/mol. The first-order valence-electron chi connectivity index (χ1n) is 8.85. The van der Waals surface area contributed by atoms with Crippen molar-refractivity contribution in [2.45, 2.75) is 20.8 Å². The maximum absolute atomic E-state index is 12.8. The first-order valence-corrected chi connectivity index (χ1v) is 8.85. The standard InChI is InChI=1S/C22H24N2O2/c1-4-26-22-13-9-8-12-20(22)23-15-21(25)19-14-16(2)24(17(19)3)18-10-6-5-7-11-18/h5-14,23H,4,15H2,1-3H3. The zero-order valence-electron chi connectivity index (χ0n) is 15.5. The summed E-state index contributed by atoms with van der Waals surface area (Å²) in [6, 6.07) is 19.7. The molecule has 0 radical (unpaired) electrons. The molecule has 1 N–H and O–H groups in total. The number of anilines is 1. The Labute approximate surface area is 154 Å². The fourth-order valence-corrected chi connectivity index (χ4v) is 3.18. The molecule has 4 nitrogen and oxygen atoms in total. The van der Waals surface area contributed by atoms with Crippen LogP contribution in [-0.4, -0.2) is 23.5 Å². The number of para-hydroxylation sites is 3. The van der Waals surface area contributed by atoms with E-state index in [1.54, 1.807) is 0 Å². The second kappa shape index (κ2) is 7.91. The predicted molar refractivity (Wildman–Crippen MR) is 106 cm³/mol. The second-order valence-electron chi connectivity index (χ2n) is 6.16. The summed E-state index contributed by atoms with van der Waals surface area (Å²) in [5.41, 5.74) is 4.65. The van der Waals surface area contributed by atoms with Crippen molar-refractivity contribution in [3.8, 4) is 11.4 Å². The lowest BCUT2D eigenvalue weighted by Gasteiger charge is -2.12. The van der Waals surface area contributed by atoms with Gasteiger partial charge in [0.25, 0.3) is 0 Å². The minimum atomic E-state index is 0.0617. The lowest BCUT2D eigenvalue weighted by molar-refractivity contribution is 0.101. The number of aromatic nitrogens is 1. The minimum absolute atomic E-state index is 0.0617. The summed E-state index contributed by atoms with van der Waals surface area (Å²) in [5, 5.41) is 3.21. The van der Waals surface area contributed by atoms with E-state index < -0.39 is 0 Å². The van der Waals surface area contributed by atoms with Crippen molar-refractivity contribution in [2.75, 3.05) is 18.5 Å². The van der Waals surface area contributed by atoms with Crippen LogP contribution in [0.1, 0.15) is 28.7 Å². The topological polar surface area (TPSA) is 43.3 Å². The van der Waals surface area contributed by atoms with Crippen LogP contribution in [0.4, 0.5) is 5.69 Å². The van der Waals surface area contributed by atoms with E-state index >= 15 is 0 Å². The molecule has 134 valence electrons. The van der Waals surface area contributed by atoms with Crippen LogP contribution >= 0.6 is 0 Å². The molecular formula is C22H24N2O2. The number of ether oxygens (including phenoxy) is 1. The van der Waals surface area contributed by atoms with Crippen molar-refractivity contribution in [1.82, 2.24) is 4.57 Å². The number of hydrogen-bond acceptors (Lipinski definition) is 3. The largest absolute Gasteiger partial charge is 0.492 e. The van der Waals surface area contributed by atoms with Gasteiger partial charge in [-0.15, -0.1) is 0 Å². The Morgan fingerprint density at radius 3 is 2.46 bits per heavy atom. The van der Waals surface area contributed by atoms with Gasteiger partial charge in [0.05, 0.1) is 18.8 Å². The number of nitrogens with zero attached hydrogens (tertiary/aromatic N) is 1. The van der Waals surface area contributed by atoms with Gasteiger partial charge in [0.1, 0.15) is 5.75 Å². The van der Waals surface area contributed by atoms with E-state index in [0.717, 1.165) is 34.1 Å². The highest BCUT2D eigenvalue weighted by molar-refractivity contribution is 6.00. The van der Waals surface area contributed by atoms with Crippen molar-refractivity contribution < 1.29 is 9.53 Å². The zero-order valence-corrected chi connectivity index (χ0v) is 15.5.